The highest BCUT2D eigenvalue weighted by Gasteiger charge is 2.21. The second-order valence-electron chi connectivity index (χ2n) is 1.65. The normalized spacial score (nSPS) is 13.5. The summed E-state index contributed by atoms with van der Waals surface area (Å²) in [7, 11) is -10.6. The van der Waals surface area contributed by atoms with Crippen molar-refractivity contribution in [2.24, 2.45) is 0 Å². The molecule has 0 fully saturated rings. The molecule has 0 aromatic rings. The third-order valence-corrected chi connectivity index (χ3v) is 2.61. The van der Waals surface area contributed by atoms with E-state index in [1.54, 1.807) is 0 Å². The predicted octanol–water partition coefficient (Wildman–Crippen LogP) is -0.683. The largest absolute Gasteiger partial charge is 0.387 e. The average molecular weight is 243 g/mol. The molecule has 0 saturated carbocycles. The fourth-order valence-electron chi connectivity index (χ4n) is 0.287. The molecule has 0 aliphatic heterocycles. The highest BCUT2D eigenvalue weighted by molar-refractivity contribution is 8.00. The van der Waals surface area contributed by atoms with Gasteiger partial charge in [0.15, 0.2) is 0 Å². The van der Waals surface area contributed by atoms with Crippen LogP contribution in [0.1, 0.15) is 0 Å². The van der Waals surface area contributed by atoms with Gasteiger partial charge in [0, 0.05) is 0 Å². The molecule has 6 nitrogen and oxygen atoms in total. The second-order valence-corrected chi connectivity index (χ2v) is 4.34. The zero-order chi connectivity index (χ0) is 10.7. The lowest BCUT2D eigenvalue weighted by molar-refractivity contribution is 0.0844. The first-order chi connectivity index (χ1) is 5.62. The summed E-state index contributed by atoms with van der Waals surface area (Å²) in [6.07, 6.45) is -3.11. The van der Waals surface area contributed by atoms with Crippen LogP contribution in [0.25, 0.3) is 0 Å². The van der Waals surface area contributed by atoms with Gasteiger partial charge in [0.1, 0.15) is 6.61 Å². The Kier molecular flexibility index (Phi) is 4.09. The first kappa shape index (κ1) is 12.6. The van der Waals surface area contributed by atoms with E-state index in [2.05, 4.69) is 4.18 Å². The van der Waals surface area contributed by atoms with E-state index in [4.69, 9.17) is 0 Å². The molecule has 13 heavy (non-hydrogen) atoms. The van der Waals surface area contributed by atoms with E-state index < -0.39 is 33.7 Å². The molecule has 0 amide bonds. The van der Waals surface area contributed by atoms with E-state index in [0.29, 0.717) is 4.13 Å². The Morgan fingerprint density at radius 1 is 1.23 bits per heavy atom. The number of nitrogens with one attached hydrogen (secondary N) is 1. The zero-order valence-corrected chi connectivity index (χ0v) is 7.41. The first-order valence-electron chi connectivity index (χ1n) is 2.53. The molecule has 1 N–H and O–H groups in total. The molecule has 0 aromatic carbocycles. The molecule has 0 radical (unpaired) electrons. The minimum Gasteiger partial charge on any atom is -0.251 e. The van der Waals surface area contributed by atoms with Gasteiger partial charge in [-0.3, -0.25) is 4.18 Å². The van der Waals surface area contributed by atoms with Gasteiger partial charge in [0.05, 0.1) is 0 Å². The molecular formula is C2H4F3NO5S2. The van der Waals surface area contributed by atoms with Gasteiger partial charge < -0.3 is 0 Å². The van der Waals surface area contributed by atoms with Crippen molar-refractivity contribution in [1.82, 2.24) is 4.13 Å². The molecule has 0 aliphatic rings. The van der Waals surface area contributed by atoms with Crippen molar-refractivity contribution < 1.29 is 33.7 Å². The van der Waals surface area contributed by atoms with Crippen LogP contribution in [0.15, 0.2) is 0 Å². The maximum atomic E-state index is 11.6. The molecule has 0 heterocycles. The predicted molar refractivity (Wildman–Crippen MR) is 34.0 cm³/mol. The molecule has 11 heteroatoms. The lowest BCUT2D eigenvalue weighted by atomic mass is 10.8. The van der Waals surface area contributed by atoms with Crippen LogP contribution >= 0.6 is 0 Å². The van der Waals surface area contributed by atoms with Crippen molar-refractivity contribution in [3.8, 4) is 0 Å². The van der Waals surface area contributed by atoms with Crippen LogP contribution in [0.2, 0.25) is 0 Å². The summed E-state index contributed by atoms with van der Waals surface area (Å²) in [5, 5.41) is 0. The van der Waals surface area contributed by atoms with Crippen molar-refractivity contribution in [2.75, 3.05) is 6.61 Å². The first-order valence-corrected chi connectivity index (χ1v) is 5.32. The Balaban J connectivity index is 4.28. The Hall–Kier alpha value is -0.390. The quantitative estimate of drug-likeness (QED) is 0.646. The molecule has 0 aromatic heterocycles. The number of hydrogen-bond donors (Lipinski definition) is 1. The van der Waals surface area contributed by atoms with Gasteiger partial charge in [0.25, 0.3) is 6.43 Å². The molecule has 0 rings (SSSR count). The second kappa shape index (κ2) is 4.21. The highest BCUT2D eigenvalue weighted by atomic mass is 32.3. The van der Waals surface area contributed by atoms with Crippen LogP contribution in [0, 0.1) is 0 Å². The molecular weight excluding hydrogens is 239 g/mol. The third-order valence-electron chi connectivity index (χ3n) is 0.551. The number of hydrogen-bond acceptors (Lipinski definition) is 5. The van der Waals surface area contributed by atoms with E-state index in [9.17, 15) is 29.5 Å². The Morgan fingerprint density at radius 2 is 1.69 bits per heavy atom. The molecule has 0 unspecified atom stereocenters. The monoisotopic (exact) mass is 243 g/mol. The molecule has 0 aliphatic carbocycles. The topological polar surface area (TPSA) is 89.5 Å². The van der Waals surface area contributed by atoms with Crippen molar-refractivity contribution >= 4 is 20.7 Å². The van der Waals surface area contributed by atoms with Crippen LogP contribution in [0.3, 0.4) is 0 Å². The number of alkyl halides is 2. The summed E-state index contributed by atoms with van der Waals surface area (Å²) in [6.45, 7) is -1.55. The van der Waals surface area contributed by atoms with Crippen LogP contribution in [-0.2, 0) is 24.9 Å². The number of halogens is 3. The van der Waals surface area contributed by atoms with E-state index >= 15 is 0 Å². The minimum absolute atomic E-state index is 0.373. The smallest absolute Gasteiger partial charge is 0.251 e. The minimum atomic E-state index is -5.54. The van der Waals surface area contributed by atoms with Crippen LogP contribution < -0.4 is 4.13 Å². The van der Waals surface area contributed by atoms with Gasteiger partial charge in [-0.05, 0) is 0 Å². The van der Waals surface area contributed by atoms with Gasteiger partial charge in [-0.15, -0.1) is 0 Å². The van der Waals surface area contributed by atoms with Crippen molar-refractivity contribution in [1.29, 1.82) is 0 Å². The van der Waals surface area contributed by atoms with Crippen molar-refractivity contribution in [2.45, 2.75) is 6.43 Å². The fourth-order valence-corrected chi connectivity index (χ4v) is 1.74. The number of rotatable bonds is 5. The van der Waals surface area contributed by atoms with Crippen LogP contribution in [0.4, 0.5) is 12.7 Å². The lowest BCUT2D eigenvalue weighted by Gasteiger charge is -2.02. The third kappa shape index (κ3) is 7.95. The standard InChI is InChI=1S/C2H4F3NO5S2/c3-2(4)1-11-13(9,10)6-12(5,7)8/h2,6H,1H2. The van der Waals surface area contributed by atoms with E-state index in [1.807, 2.05) is 0 Å². The molecule has 0 bridgehead atoms. The summed E-state index contributed by atoms with van der Waals surface area (Å²) in [4.78, 5) is 0. The van der Waals surface area contributed by atoms with Gasteiger partial charge in [-0.2, -0.15) is 16.8 Å². The Morgan fingerprint density at radius 3 is 2.00 bits per heavy atom. The Labute approximate surface area is 72.3 Å². The van der Waals surface area contributed by atoms with Gasteiger partial charge >= 0.3 is 20.7 Å². The SMILES string of the molecule is O=S(=O)(F)NS(=O)(=O)OCC(F)F. The maximum Gasteiger partial charge on any atom is 0.387 e. The average Bonchev–Trinajstić information content (AvgIpc) is 1.78. The van der Waals surface area contributed by atoms with Gasteiger partial charge in [0.2, 0.25) is 0 Å². The summed E-state index contributed by atoms with van der Waals surface area (Å²) < 4.78 is 77.9. The van der Waals surface area contributed by atoms with E-state index in [-0.39, 0.29) is 0 Å². The van der Waals surface area contributed by atoms with Crippen molar-refractivity contribution in [3.63, 3.8) is 0 Å². The van der Waals surface area contributed by atoms with Crippen LogP contribution in [-0.4, -0.2) is 29.9 Å². The molecule has 0 spiro atoms. The van der Waals surface area contributed by atoms with Crippen LogP contribution in [0.5, 0.6) is 0 Å². The maximum absolute atomic E-state index is 11.6. The zero-order valence-electron chi connectivity index (χ0n) is 5.78. The highest BCUT2D eigenvalue weighted by Crippen LogP contribution is 1.98. The Bertz CT molecular complexity index is 346. The van der Waals surface area contributed by atoms with Gasteiger partial charge in [-0.25, -0.2) is 8.78 Å². The molecule has 0 saturated heterocycles. The fraction of sp³-hybridized carbons (Fsp3) is 1.00. The summed E-state index contributed by atoms with van der Waals surface area (Å²) in [6, 6.07) is 0. The summed E-state index contributed by atoms with van der Waals surface area (Å²) in [5.41, 5.74) is 0. The van der Waals surface area contributed by atoms with Crippen molar-refractivity contribution in [3.05, 3.63) is 0 Å². The van der Waals surface area contributed by atoms with E-state index in [0.717, 1.165) is 0 Å². The lowest BCUT2D eigenvalue weighted by Crippen LogP contribution is -2.30. The summed E-state index contributed by atoms with van der Waals surface area (Å²) in [5.74, 6) is 0. The van der Waals surface area contributed by atoms with E-state index in [1.165, 1.54) is 0 Å². The molecule has 0 atom stereocenters. The summed E-state index contributed by atoms with van der Waals surface area (Å²) >= 11 is 0. The molecule has 80 valence electrons. The van der Waals surface area contributed by atoms with Gasteiger partial charge in [-0.1, -0.05) is 8.01 Å².